The van der Waals surface area contributed by atoms with Crippen LogP contribution in [0.4, 0.5) is 4.39 Å². The van der Waals surface area contributed by atoms with Gasteiger partial charge >= 0.3 is 30.0 Å². The molecule has 16 heavy (non-hydrogen) atoms. The summed E-state index contributed by atoms with van der Waals surface area (Å²) in [6.07, 6.45) is 0. The van der Waals surface area contributed by atoms with Gasteiger partial charge in [-0.1, -0.05) is 6.07 Å². The van der Waals surface area contributed by atoms with Crippen molar-refractivity contribution in [1.29, 1.82) is 0 Å². The van der Waals surface area contributed by atoms with E-state index in [1.165, 1.54) is 22.4 Å². The fourth-order valence-electron chi connectivity index (χ4n) is 1.47. The van der Waals surface area contributed by atoms with E-state index in [9.17, 15) is 4.39 Å². The van der Waals surface area contributed by atoms with Crippen LogP contribution in [0.1, 0.15) is 5.56 Å². The fourth-order valence-corrected chi connectivity index (χ4v) is 1.47. The predicted octanol–water partition coefficient (Wildman–Crippen LogP) is 4.44. The molecule has 3 heteroatoms. The number of benzene rings is 2. The van der Waals surface area contributed by atoms with E-state index in [2.05, 4.69) is 19.7 Å². The topological polar surface area (TPSA) is 0 Å². The Balaban J connectivity index is 0.000000606. The van der Waals surface area contributed by atoms with Crippen LogP contribution in [0.3, 0.4) is 0 Å². The molecule has 0 atom stereocenters. The van der Waals surface area contributed by atoms with Crippen LogP contribution >= 0.6 is 13.6 Å². The van der Waals surface area contributed by atoms with Crippen molar-refractivity contribution in [3.05, 3.63) is 59.9 Å². The standard InChI is InChI=1S/C13H10F.BrH.Zn/c1-10-7-8-12(14)9-13(10)11-5-3-2-4-6-11;;/h3-9H,1H3;1H;/q-1;;+2/p-1. The molecule has 0 aromatic heterocycles. The van der Waals surface area contributed by atoms with Crippen LogP contribution in [0.25, 0.3) is 11.1 Å². The van der Waals surface area contributed by atoms with E-state index in [0.717, 1.165) is 16.7 Å². The Kier molecular flexibility index (Phi) is 5.86. The van der Waals surface area contributed by atoms with Crippen LogP contribution in [0.5, 0.6) is 0 Å². The summed E-state index contributed by atoms with van der Waals surface area (Å²) in [4.78, 5) is 0. The zero-order valence-corrected chi connectivity index (χ0v) is 13.6. The Morgan fingerprint density at radius 2 is 1.75 bits per heavy atom. The van der Waals surface area contributed by atoms with E-state index in [4.69, 9.17) is 0 Å². The second-order valence-electron chi connectivity index (χ2n) is 3.25. The monoisotopic (exact) mass is 328 g/mol. The molecular formula is C13H10BrFZn. The molecule has 0 aliphatic rings. The molecule has 0 spiro atoms. The van der Waals surface area contributed by atoms with Gasteiger partial charge in [-0.2, -0.15) is 30.3 Å². The molecule has 0 aliphatic carbocycles. The molecule has 0 saturated carbocycles. The number of hydrogen-bond donors (Lipinski definition) is 0. The minimum atomic E-state index is -0.196. The molecule has 2 rings (SSSR count). The molecule has 0 N–H and O–H groups in total. The van der Waals surface area contributed by atoms with Gasteiger partial charge in [0.25, 0.3) is 0 Å². The first-order chi connectivity index (χ1) is 7.77. The van der Waals surface area contributed by atoms with Crippen molar-refractivity contribution in [2.45, 2.75) is 6.92 Å². The average Bonchev–Trinajstić information content (AvgIpc) is 2.36. The second kappa shape index (κ2) is 6.93. The average molecular weight is 331 g/mol. The van der Waals surface area contributed by atoms with Gasteiger partial charge in [0.2, 0.25) is 0 Å². The summed E-state index contributed by atoms with van der Waals surface area (Å²) in [7, 11) is 0. The summed E-state index contributed by atoms with van der Waals surface area (Å²) in [5.74, 6) is -0.196. The third-order valence-electron chi connectivity index (χ3n) is 2.23. The quantitative estimate of drug-likeness (QED) is 0.535. The number of halogens is 2. The Hall–Kier alpha value is -0.527. The van der Waals surface area contributed by atoms with Crippen LogP contribution < -0.4 is 0 Å². The van der Waals surface area contributed by atoms with Gasteiger partial charge in [-0.05, 0) is 30.2 Å². The van der Waals surface area contributed by atoms with E-state index in [1.54, 1.807) is 12.1 Å². The Morgan fingerprint density at radius 3 is 2.38 bits per heavy atom. The van der Waals surface area contributed by atoms with Gasteiger partial charge < -0.3 is 0 Å². The van der Waals surface area contributed by atoms with Crippen molar-refractivity contribution >= 4 is 13.6 Å². The van der Waals surface area contributed by atoms with Crippen molar-refractivity contribution in [2.24, 2.45) is 0 Å². The number of rotatable bonds is 1. The van der Waals surface area contributed by atoms with Gasteiger partial charge in [0, 0.05) is 0 Å². The molecule has 0 fully saturated rings. The summed E-state index contributed by atoms with van der Waals surface area (Å²) in [5, 5.41) is 0. The summed E-state index contributed by atoms with van der Waals surface area (Å²) in [5.41, 5.74) is 3.05. The predicted molar refractivity (Wildman–Crippen MR) is 64.3 cm³/mol. The van der Waals surface area contributed by atoms with Gasteiger partial charge in [0.15, 0.2) is 0 Å². The van der Waals surface area contributed by atoms with Gasteiger partial charge in [-0.15, -0.1) is 5.56 Å². The minimum absolute atomic E-state index is 0.196. The first-order valence-electron chi connectivity index (χ1n) is 4.77. The van der Waals surface area contributed by atoms with Crippen molar-refractivity contribution in [3.63, 3.8) is 0 Å². The van der Waals surface area contributed by atoms with Crippen molar-refractivity contribution < 1.29 is 20.7 Å². The summed E-state index contributed by atoms with van der Waals surface area (Å²) >= 11 is 4.25. The van der Waals surface area contributed by atoms with Crippen molar-refractivity contribution in [1.82, 2.24) is 0 Å². The van der Waals surface area contributed by atoms with Crippen LogP contribution in [0.15, 0.2) is 42.5 Å². The first-order valence-corrected chi connectivity index (χ1v) is 11.7. The zero-order valence-electron chi connectivity index (χ0n) is 9.00. The van der Waals surface area contributed by atoms with E-state index in [0.29, 0.717) is 0 Å². The van der Waals surface area contributed by atoms with Gasteiger partial charge in [-0.3, -0.25) is 0 Å². The molecule has 0 radical (unpaired) electrons. The Labute approximate surface area is 112 Å². The molecule has 0 heterocycles. The van der Waals surface area contributed by atoms with Crippen LogP contribution in [0.2, 0.25) is 0 Å². The number of aryl methyl sites for hydroxylation is 1. The number of hydrogen-bond acceptors (Lipinski definition) is 0. The first kappa shape index (κ1) is 13.5. The molecule has 78 valence electrons. The van der Waals surface area contributed by atoms with E-state index in [-0.39, 0.29) is 5.82 Å². The maximum atomic E-state index is 13.0. The molecule has 0 aliphatic heterocycles. The fraction of sp³-hybridized carbons (Fsp3) is 0.0769. The third kappa shape index (κ3) is 3.50. The van der Waals surface area contributed by atoms with Crippen molar-refractivity contribution in [3.8, 4) is 11.1 Å². The molecule has 2 aromatic carbocycles. The van der Waals surface area contributed by atoms with Crippen LogP contribution in [-0.4, -0.2) is 0 Å². The van der Waals surface area contributed by atoms with E-state index in [1.807, 2.05) is 31.2 Å². The van der Waals surface area contributed by atoms with Crippen LogP contribution in [0, 0.1) is 18.8 Å². The summed E-state index contributed by atoms with van der Waals surface area (Å²) in [6, 6.07) is 15.3. The van der Waals surface area contributed by atoms with E-state index < -0.39 is 0 Å². The normalized spacial score (nSPS) is 9.31. The van der Waals surface area contributed by atoms with E-state index >= 15 is 0 Å². The van der Waals surface area contributed by atoms with Gasteiger partial charge in [0.1, 0.15) is 5.82 Å². The maximum absolute atomic E-state index is 13.0. The molecular weight excluding hydrogens is 320 g/mol. The Morgan fingerprint density at radius 1 is 1.12 bits per heavy atom. The summed E-state index contributed by atoms with van der Waals surface area (Å²) < 4.78 is 13.0. The van der Waals surface area contributed by atoms with Gasteiger partial charge in [0.05, 0.1) is 0 Å². The third-order valence-corrected chi connectivity index (χ3v) is 2.23. The second-order valence-corrected chi connectivity index (χ2v) is 3.25. The molecule has 0 unspecified atom stereocenters. The molecule has 0 saturated heterocycles. The molecule has 2 aromatic rings. The SMILES string of the molecule is Cc1ccc(F)cc1-c1cc[c-]cc1.[Zn+][Br]. The summed E-state index contributed by atoms with van der Waals surface area (Å²) in [6.45, 7) is 1.98. The molecule has 0 amide bonds. The molecule has 0 bridgehead atoms. The zero-order chi connectivity index (χ0) is 12.0. The molecule has 0 nitrogen and oxygen atoms in total. The van der Waals surface area contributed by atoms with Crippen LogP contribution in [-0.2, 0) is 16.3 Å². The van der Waals surface area contributed by atoms with Crippen molar-refractivity contribution in [2.75, 3.05) is 0 Å². The van der Waals surface area contributed by atoms with Gasteiger partial charge in [-0.25, -0.2) is 4.39 Å². The Bertz CT molecular complexity index is 443.